The fourth-order valence-electron chi connectivity index (χ4n) is 2.04. The summed E-state index contributed by atoms with van der Waals surface area (Å²) in [6, 6.07) is 1.93. The molecule has 0 aliphatic rings. The third-order valence-electron chi connectivity index (χ3n) is 2.99. The largest absolute Gasteiger partial charge is 0.476 e. The summed E-state index contributed by atoms with van der Waals surface area (Å²) in [5.74, 6) is -1.08. The summed E-state index contributed by atoms with van der Waals surface area (Å²) in [6.45, 7) is 2.74. The van der Waals surface area contributed by atoms with Crippen LogP contribution in [0.3, 0.4) is 0 Å². The molecule has 0 aromatic carbocycles. The summed E-state index contributed by atoms with van der Waals surface area (Å²) in [6.07, 6.45) is 0.446. The van der Waals surface area contributed by atoms with Gasteiger partial charge >= 0.3 is 5.97 Å². The highest BCUT2D eigenvalue weighted by Crippen LogP contribution is 2.11. The highest BCUT2D eigenvalue weighted by atomic mass is 16.5. The van der Waals surface area contributed by atoms with Crippen LogP contribution in [0.5, 0.6) is 0 Å². The van der Waals surface area contributed by atoms with Crippen molar-refractivity contribution in [2.24, 2.45) is 7.05 Å². The van der Waals surface area contributed by atoms with Crippen molar-refractivity contribution in [1.29, 1.82) is 0 Å². The molecule has 2 aromatic rings. The second-order valence-electron chi connectivity index (χ2n) is 4.49. The number of ether oxygens (including phenoxy) is 1. The van der Waals surface area contributed by atoms with E-state index in [0.717, 1.165) is 11.4 Å². The Hall–Kier alpha value is -2.22. The van der Waals surface area contributed by atoms with Crippen LogP contribution in [-0.4, -0.2) is 49.6 Å². The average molecular weight is 279 g/mol. The summed E-state index contributed by atoms with van der Waals surface area (Å²) >= 11 is 0. The smallest absolute Gasteiger partial charge is 0.358 e. The monoisotopic (exact) mass is 279 g/mol. The molecule has 0 fully saturated rings. The van der Waals surface area contributed by atoms with E-state index in [1.807, 2.05) is 20.0 Å². The highest BCUT2D eigenvalue weighted by Gasteiger charge is 2.19. The molecule has 0 bridgehead atoms. The van der Waals surface area contributed by atoms with E-state index in [0.29, 0.717) is 25.3 Å². The second kappa shape index (κ2) is 5.83. The molecule has 0 unspecified atom stereocenters. The summed E-state index contributed by atoms with van der Waals surface area (Å²) in [4.78, 5) is 11.1. The van der Waals surface area contributed by atoms with Gasteiger partial charge in [0.1, 0.15) is 0 Å². The van der Waals surface area contributed by atoms with Gasteiger partial charge in [-0.15, -0.1) is 5.10 Å². The number of aromatic carboxylic acids is 1. The van der Waals surface area contributed by atoms with Crippen LogP contribution in [0.25, 0.3) is 0 Å². The molecule has 0 spiro atoms. The molecule has 108 valence electrons. The first-order valence-corrected chi connectivity index (χ1v) is 6.17. The minimum absolute atomic E-state index is 0.0269. The first-order valence-electron chi connectivity index (χ1n) is 6.17. The van der Waals surface area contributed by atoms with Crippen molar-refractivity contribution in [2.75, 3.05) is 13.7 Å². The van der Waals surface area contributed by atoms with Crippen LogP contribution >= 0.6 is 0 Å². The molecule has 0 saturated carbocycles. The lowest BCUT2D eigenvalue weighted by molar-refractivity contribution is 0.0688. The average Bonchev–Trinajstić information content (AvgIpc) is 2.91. The Kier molecular flexibility index (Phi) is 4.14. The molecule has 2 aromatic heterocycles. The zero-order valence-corrected chi connectivity index (χ0v) is 11.7. The predicted octanol–water partition coefficient (Wildman–Crippen LogP) is 0.255. The SMILES string of the molecule is COCCc1c(C(=O)O)nnn1Cc1cc(C)nn1C. The number of hydrogen-bond donors (Lipinski definition) is 1. The summed E-state index contributed by atoms with van der Waals surface area (Å²) < 4.78 is 8.33. The van der Waals surface area contributed by atoms with E-state index in [-0.39, 0.29) is 5.69 Å². The van der Waals surface area contributed by atoms with Crippen LogP contribution in [0.2, 0.25) is 0 Å². The number of carbonyl (C=O) groups is 1. The van der Waals surface area contributed by atoms with Crippen LogP contribution in [-0.2, 0) is 24.8 Å². The Morgan fingerprint density at radius 3 is 2.80 bits per heavy atom. The van der Waals surface area contributed by atoms with Crippen molar-refractivity contribution in [3.05, 3.63) is 28.8 Å². The normalized spacial score (nSPS) is 10.9. The Labute approximate surface area is 116 Å². The maximum Gasteiger partial charge on any atom is 0.358 e. The van der Waals surface area contributed by atoms with Crippen molar-refractivity contribution >= 4 is 5.97 Å². The van der Waals surface area contributed by atoms with E-state index in [1.54, 1.807) is 16.5 Å². The standard InChI is InChI=1S/C12H17N5O3/c1-8-6-9(16(2)14-8)7-17-10(4-5-20-3)11(12(18)19)13-15-17/h6H,4-5,7H2,1-3H3,(H,18,19). The van der Waals surface area contributed by atoms with Gasteiger partial charge in [-0.1, -0.05) is 5.21 Å². The quantitative estimate of drug-likeness (QED) is 0.814. The van der Waals surface area contributed by atoms with Crippen LogP contribution in [0.4, 0.5) is 0 Å². The number of methoxy groups -OCH3 is 1. The molecule has 0 aliphatic heterocycles. The van der Waals surface area contributed by atoms with E-state index in [9.17, 15) is 4.79 Å². The van der Waals surface area contributed by atoms with Gasteiger partial charge in [-0.2, -0.15) is 5.10 Å². The van der Waals surface area contributed by atoms with Crippen molar-refractivity contribution in [3.8, 4) is 0 Å². The van der Waals surface area contributed by atoms with Gasteiger partial charge in [0.25, 0.3) is 0 Å². The molecule has 8 heteroatoms. The Morgan fingerprint density at radius 2 is 2.25 bits per heavy atom. The van der Waals surface area contributed by atoms with Crippen molar-refractivity contribution < 1.29 is 14.6 Å². The second-order valence-corrected chi connectivity index (χ2v) is 4.49. The summed E-state index contributed by atoms with van der Waals surface area (Å²) in [5, 5.41) is 21.0. The molecule has 20 heavy (non-hydrogen) atoms. The first kappa shape index (κ1) is 14.2. The Morgan fingerprint density at radius 1 is 1.50 bits per heavy atom. The zero-order chi connectivity index (χ0) is 14.7. The lowest BCUT2D eigenvalue weighted by Crippen LogP contribution is -2.13. The number of nitrogens with zero attached hydrogens (tertiary/aromatic N) is 5. The molecule has 0 radical (unpaired) electrons. The minimum atomic E-state index is -1.08. The Bertz CT molecular complexity index is 617. The maximum atomic E-state index is 11.1. The summed E-state index contributed by atoms with van der Waals surface area (Å²) in [5.41, 5.74) is 2.36. The zero-order valence-electron chi connectivity index (χ0n) is 11.7. The van der Waals surface area contributed by atoms with E-state index < -0.39 is 5.97 Å². The van der Waals surface area contributed by atoms with Gasteiger partial charge in [-0.3, -0.25) is 4.68 Å². The van der Waals surface area contributed by atoms with Gasteiger partial charge in [-0.05, 0) is 13.0 Å². The van der Waals surface area contributed by atoms with Crippen LogP contribution in [0.15, 0.2) is 6.07 Å². The van der Waals surface area contributed by atoms with Gasteiger partial charge in [0, 0.05) is 20.6 Å². The number of carboxylic acid groups (broad SMARTS) is 1. The fraction of sp³-hybridized carbons (Fsp3) is 0.500. The predicted molar refractivity (Wildman–Crippen MR) is 69.6 cm³/mol. The molecule has 0 aliphatic carbocycles. The van der Waals surface area contributed by atoms with E-state index in [4.69, 9.17) is 9.84 Å². The molecule has 0 amide bonds. The van der Waals surface area contributed by atoms with Crippen LogP contribution < -0.4 is 0 Å². The number of hydrogen-bond acceptors (Lipinski definition) is 5. The topological polar surface area (TPSA) is 95.1 Å². The van der Waals surface area contributed by atoms with Crippen LogP contribution in [0, 0.1) is 6.92 Å². The lowest BCUT2D eigenvalue weighted by atomic mass is 10.2. The van der Waals surface area contributed by atoms with Crippen molar-refractivity contribution in [1.82, 2.24) is 24.8 Å². The van der Waals surface area contributed by atoms with Crippen molar-refractivity contribution in [2.45, 2.75) is 19.9 Å². The maximum absolute atomic E-state index is 11.1. The molecular formula is C12H17N5O3. The molecule has 8 nitrogen and oxygen atoms in total. The first-order chi connectivity index (χ1) is 9.52. The van der Waals surface area contributed by atoms with Crippen LogP contribution in [0.1, 0.15) is 27.6 Å². The molecule has 1 N–H and O–H groups in total. The van der Waals surface area contributed by atoms with Gasteiger partial charge < -0.3 is 9.84 Å². The van der Waals surface area contributed by atoms with E-state index >= 15 is 0 Å². The van der Waals surface area contributed by atoms with Gasteiger partial charge in [-0.25, -0.2) is 9.48 Å². The Balaban J connectivity index is 2.31. The minimum Gasteiger partial charge on any atom is -0.476 e. The van der Waals surface area contributed by atoms with E-state index in [1.165, 1.54) is 0 Å². The summed E-state index contributed by atoms with van der Waals surface area (Å²) in [7, 11) is 3.41. The van der Waals surface area contributed by atoms with Gasteiger partial charge in [0.05, 0.1) is 30.2 Å². The lowest BCUT2D eigenvalue weighted by Gasteiger charge is -2.07. The highest BCUT2D eigenvalue weighted by molar-refractivity contribution is 5.86. The number of aromatic nitrogens is 5. The number of aryl methyl sites for hydroxylation is 2. The molecular weight excluding hydrogens is 262 g/mol. The van der Waals surface area contributed by atoms with Gasteiger partial charge in [0.2, 0.25) is 0 Å². The number of rotatable bonds is 6. The third-order valence-corrected chi connectivity index (χ3v) is 2.99. The fourth-order valence-corrected chi connectivity index (χ4v) is 2.04. The van der Waals surface area contributed by atoms with Crippen molar-refractivity contribution in [3.63, 3.8) is 0 Å². The molecule has 2 heterocycles. The number of carboxylic acids is 1. The van der Waals surface area contributed by atoms with E-state index in [2.05, 4.69) is 15.4 Å². The third kappa shape index (κ3) is 2.85. The molecule has 2 rings (SSSR count). The van der Waals surface area contributed by atoms with Gasteiger partial charge in [0.15, 0.2) is 5.69 Å². The molecule has 0 atom stereocenters. The molecule has 0 saturated heterocycles.